The smallest absolute Gasteiger partial charge is 0.348 e. The van der Waals surface area contributed by atoms with Crippen molar-refractivity contribution in [2.75, 3.05) is 6.61 Å². The van der Waals surface area contributed by atoms with Crippen molar-refractivity contribution in [3.63, 3.8) is 0 Å². The number of ether oxygens (including phenoxy) is 1. The van der Waals surface area contributed by atoms with Crippen LogP contribution in [0, 0.1) is 0 Å². The second kappa shape index (κ2) is 4.61. The van der Waals surface area contributed by atoms with Crippen molar-refractivity contribution in [3.8, 4) is 0 Å². The van der Waals surface area contributed by atoms with E-state index in [2.05, 4.69) is 0 Å². The average molecular weight is 259 g/mol. The predicted molar refractivity (Wildman–Crippen MR) is 57.6 cm³/mol. The minimum absolute atomic E-state index is 0.127. The van der Waals surface area contributed by atoms with Crippen LogP contribution in [0.4, 0.5) is 13.2 Å². The Morgan fingerprint density at radius 1 is 1.33 bits per heavy atom. The Balaban J connectivity index is 1.88. The van der Waals surface area contributed by atoms with Crippen LogP contribution in [0.3, 0.4) is 0 Å². The molecule has 1 aromatic rings. The van der Waals surface area contributed by atoms with E-state index < -0.39 is 17.8 Å². The monoisotopic (exact) mass is 259 g/mol. The van der Waals surface area contributed by atoms with E-state index in [1.165, 1.54) is 0 Å². The number of rotatable bonds is 4. The van der Waals surface area contributed by atoms with Gasteiger partial charge in [0, 0.05) is 6.42 Å². The number of halogens is 3. The molecule has 0 saturated carbocycles. The van der Waals surface area contributed by atoms with Gasteiger partial charge in [-0.15, -0.1) is 0 Å². The molecule has 1 saturated heterocycles. The number of amides is 1. The Kier molecular flexibility index (Phi) is 3.30. The summed E-state index contributed by atoms with van der Waals surface area (Å²) < 4.78 is 41.3. The minimum Gasteiger partial charge on any atom is -0.348 e. The van der Waals surface area contributed by atoms with Crippen LogP contribution in [0.15, 0.2) is 30.3 Å². The van der Waals surface area contributed by atoms with Crippen LogP contribution in [-0.2, 0) is 16.0 Å². The lowest BCUT2D eigenvalue weighted by Crippen LogP contribution is -2.45. The Labute approximate surface area is 102 Å². The molecule has 1 atom stereocenters. The van der Waals surface area contributed by atoms with E-state index in [1.54, 1.807) is 0 Å². The van der Waals surface area contributed by atoms with Crippen LogP contribution in [0.2, 0.25) is 0 Å². The average Bonchev–Trinajstić information content (AvgIpc) is 3.07. The molecule has 2 rings (SSSR count). The maximum Gasteiger partial charge on any atom is 0.471 e. The lowest BCUT2D eigenvalue weighted by molar-refractivity contribution is -0.175. The molecule has 1 amide bonds. The number of aryl methyl sites for hydroxylation is 1. The summed E-state index contributed by atoms with van der Waals surface area (Å²) in [5.74, 6) is -1.95. The number of nitrogens with one attached hydrogen (secondary N) is 1. The number of carbonyl (C=O) groups is 1. The van der Waals surface area contributed by atoms with Crippen LogP contribution >= 0.6 is 0 Å². The normalized spacial score (nSPS) is 22.6. The molecule has 1 fully saturated rings. The van der Waals surface area contributed by atoms with E-state index in [1.807, 2.05) is 35.6 Å². The highest BCUT2D eigenvalue weighted by Crippen LogP contribution is 2.30. The Bertz CT molecular complexity index is 427. The molecule has 1 aromatic carbocycles. The first-order chi connectivity index (χ1) is 8.41. The molecule has 3 nitrogen and oxygen atoms in total. The summed E-state index contributed by atoms with van der Waals surface area (Å²) in [6, 6.07) is 9.32. The topological polar surface area (TPSA) is 41.6 Å². The van der Waals surface area contributed by atoms with Crippen molar-refractivity contribution in [1.82, 2.24) is 5.32 Å². The molecule has 1 heterocycles. The molecule has 98 valence electrons. The molecular formula is C12H12F3NO2. The van der Waals surface area contributed by atoms with Crippen molar-refractivity contribution >= 4 is 5.91 Å². The van der Waals surface area contributed by atoms with Gasteiger partial charge in [0.2, 0.25) is 0 Å². The number of hydrogen-bond acceptors (Lipinski definition) is 2. The van der Waals surface area contributed by atoms with Gasteiger partial charge in [0.15, 0.2) is 5.72 Å². The van der Waals surface area contributed by atoms with Crippen LogP contribution in [0.1, 0.15) is 12.0 Å². The molecule has 1 aliphatic rings. The summed E-state index contributed by atoms with van der Waals surface area (Å²) in [6.45, 7) is 0.127. The first-order valence-electron chi connectivity index (χ1n) is 5.49. The lowest BCUT2D eigenvalue weighted by Gasteiger charge is -2.15. The zero-order valence-corrected chi connectivity index (χ0v) is 9.46. The van der Waals surface area contributed by atoms with Gasteiger partial charge in [-0.1, -0.05) is 30.3 Å². The molecule has 0 aromatic heterocycles. The van der Waals surface area contributed by atoms with Gasteiger partial charge < -0.3 is 10.1 Å². The zero-order chi connectivity index (χ0) is 13.2. The van der Waals surface area contributed by atoms with Gasteiger partial charge in [0.25, 0.3) is 0 Å². The van der Waals surface area contributed by atoms with Crippen molar-refractivity contribution in [3.05, 3.63) is 35.9 Å². The van der Waals surface area contributed by atoms with Gasteiger partial charge >= 0.3 is 12.1 Å². The van der Waals surface area contributed by atoms with Gasteiger partial charge in [-0.25, -0.2) is 0 Å². The third-order valence-corrected chi connectivity index (χ3v) is 2.75. The Morgan fingerprint density at radius 3 is 2.44 bits per heavy atom. The molecule has 0 radical (unpaired) electrons. The molecule has 1 N–H and O–H groups in total. The number of alkyl halides is 3. The maximum atomic E-state index is 12.1. The van der Waals surface area contributed by atoms with Gasteiger partial charge in [-0.2, -0.15) is 13.2 Å². The SMILES string of the molecule is O=C(N[C@@]1(CCc2ccccc2)CO1)C(F)(F)F. The van der Waals surface area contributed by atoms with Gasteiger partial charge in [0.1, 0.15) is 0 Å². The highest BCUT2D eigenvalue weighted by atomic mass is 19.4. The largest absolute Gasteiger partial charge is 0.471 e. The summed E-state index contributed by atoms with van der Waals surface area (Å²) in [4.78, 5) is 10.8. The van der Waals surface area contributed by atoms with Gasteiger partial charge in [-0.05, 0) is 12.0 Å². The molecule has 1 aliphatic heterocycles. The van der Waals surface area contributed by atoms with E-state index >= 15 is 0 Å². The van der Waals surface area contributed by atoms with E-state index in [4.69, 9.17) is 4.74 Å². The Hall–Kier alpha value is -1.56. The number of epoxide rings is 1. The molecule has 0 spiro atoms. The van der Waals surface area contributed by atoms with Crippen molar-refractivity contribution in [2.45, 2.75) is 24.7 Å². The standard InChI is InChI=1S/C12H12F3NO2/c13-12(14,15)10(17)16-11(8-18-11)7-6-9-4-2-1-3-5-9/h1-5H,6-8H2,(H,16,17)/t11-/m1/s1. The highest BCUT2D eigenvalue weighted by Gasteiger charge is 2.51. The third-order valence-electron chi connectivity index (χ3n) is 2.75. The second-order valence-electron chi connectivity index (χ2n) is 4.22. The summed E-state index contributed by atoms with van der Waals surface area (Å²) in [6.07, 6.45) is -3.98. The van der Waals surface area contributed by atoms with Crippen LogP contribution in [-0.4, -0.2) is 24.4 Å². The molecular weight excluding hydrogens is 247 g/mol. The van der Waals surface area contributed by atoms with Crippen molar-refractivity contribution in [2.24, 2.45) is 0 Å². The molecule has 6 heteroatoms. The first-order valence-corrected chi connectivity index (χ1v) is 5.49. The van der Waals surface area contributed by atoms with Crippen LogP contribution in [0.5, 0.6) is 0 Å². The summed E-state index contributed by atoms with van der Waals surface area (Å²) in [5, 5.41) is 1.89. The fourth-order valence-corrected chi connectivity index (χ4v) is 1.63. The van der Waals surface area contributed by atoms with E-state index in [9.17, 15) is 18.0 Å². The minimum atomic E-state index is -4.87. The third kappa shape index (κ3) is 3.22. The number of hydrogen-bond donors (Lipinski definition) is 1. The van der Waals surface area contributed by atoms with E-state index in [0.717, 1.165) is 5.56 Å². The number of carbonyl (C=O) groups excluding carboxylic acids is 1. The lowest BCUT2D eigenvalue weighted by atomic mass is 10.1. The first kappa shape index (κ1) is 12.9. The number of benzene rings is 1. The maximum absolute atomic E-state index is 12.1. The summed E-state index contributed by atoms with van der Waals surface area (Å²) in [5.41, 5.74) is -0.142. The summed E-state index contributed by atoms with van der Waals surface area (Å²) >= 11 is 0. The second-order valence-corrected chi connectivity index (χ2v) is 4.22. The van der Waals surface area contributed by atoms with Gasteiger partial charge in [0.05, 0.1) is 6.61 Å². The van der Waals surface area contributed by atoms with Crippen LogP contribution < -0.4 is 5.32 Å². The fraction of sp³-hybridized carbons (Fsp3) is 0.417. The van der Waals surface area contributed by atoms with E-state index in [0.29, 0.717) is 12.8 Å². The highest BCUT2D eigenvalue weighted by molar-refractivity contribution is 5.82. The molecule has 0 aliphatic carbocycles. The van der Waals surface area contributed by atoms with E-state index in [-0.39, 0.29) is 6.61 Å². The summed E-state index contributed by atoms with van der Waals surface area (Å²) in [7, 11) is 0. The molecule has 0 unspecified atom stereocenters. The Morgan fingerprint density at radius 2 is 1.94 bits per heavy atom. The molecule has 18 heavy (non-hydrogen) atoms. The van der Waals surface area contributed by atoms with Crippen molar-refractivity contribution in [1.29, 1.82) is 0 Å². The van der Waals surface area contributed by atoms with Gasteiger partial charge in [-0.3, -0.25) is 4.79 Å². The fourth-order valence-electron chi connectivity index (χ4n) is 1.63. The zero-order valence-electron chi connectivity index (χ0n) is 9.46. The quantitative estimate of drug-likeness (QED) is 0.840. The van der Waals surface area contributed by atoms with Crippen molar-refractivity contribution < 1.29 is 22.7 Å². The predicted octanol–water partition coefficient (Wildman–Crippen LogP) is 2.02. The van der Waals surface area contributed by atoms with Crippen LogP contribution in [0.25, 0.3) is 0 Å². The molecule has 0 bridgehead atoms.